The molecule has 2 aliphatic heterocycles. The van der Waals surface area contributed by atoms with Gasteiger partial charge in [0.2, 0.25) is 0 Å². The number of carbonyl (C=O) groups is 4. The highest BCUT2D eigenvalue weighted by molar-refractivity contribution is 6.22. The Bertz CT molecular complexity index is 1060. The van der Waals surface area contributed by atoms with Crippen LogP contribution in [0.15, 0.2) is 42.5 Å². The van der Waals surface area contributed by atoms with E-state index < -0.39 is 11.9 Å². The first-order valence-electron chi connectivity index (χ1n) is 10.6. The van der Waals surface area contributed by atoms with Gasteiger partial charge in [-0.05, 0) is 49.1 Å². The van der Waals surface area contributed by atoms with Gasteiger partial charge < -0.3 is 9.64 Å². The number of nitrogens with zero attached hydrogens (tertiary/aromatic N) is 2. The number of ether oxygens (including phenoxy) is 1. The Morgan fingerprint density at radius 1 is 1.03 bits per heavy atom. The lowest BCUT2D eigenvalue weighted by Crippen LogP contribution is -2.38. The molecule has 4 rings (SSSR count). The van der Waals surface area contributed by atoms with Crippen LogP contribution in [0.25, 0.3) is 0 Å². The maximum absolute atomic E-state index is 12.7. The molecule has 7 nitrogen and oxygen atoms in total. The van der Waals surface area contributed by atoms with Gasteiger partial charge in [0, 0.05) is 18.8 Å². The zero-order valence-corrected chi connectivity index (χ0v) is 17.4. The van der Waals surface area contributed by atoms with Gasteiger partial charge in [-0.1, -0.05) is 31.5 Å². The number of imide groups is 1. The third kappa shape index (κ3) is 3.95. The first kappa shape index (κ1) is 20.8. The van der Waals surface area contributed by atoms with Crippen LogP contribution in [0.1, 0.15) is 62.8 Å². The third-order valence-electron chi connectivity index (χ3n) is 5.68. The fraction of sp³-hybridized carbons (Fsp3) is 0.333. The Hall–Kier alpha value is -3.48. The molecule has 0 radical (unpaired) electrons. The molecule has 3 amide bonds. The number of anilines is 1. The van der Waals surface area contributed by atoms with E-state index >= 15 is 0 Å². The van der Waals surface area contributed by atoms with Crippen LogP contribution in [0.2, 0.25) is 0 Å². The van der Waals surface area contributed by atoms with Crippen molar-refractivity contribution >= 4 is 29.4 Å². The van der Waals surface area contributed by atoms with E-state index in [1.165, 1.54) is 23.1 Å². The molecule has 0 saturated carbocycles. The van der Waals surface area contributed by atoms with Crippen LogP contribution in [0.3, 0.4) is 0 Å². The molecule has 160 valence electrons. The Morgan fingerprint density at radius 3 is 2.61 bits per heavy atom. The van der Waals surface area contributed by atoms with Gasteiger partial charge in [-0.3, -0.25) is 19.3 Å². The van der Waals surface area contributed by atoms with Gasteiger partial charge in [-0.15, -0.1) is 0 Å². The average molecular weight is 420 g/mol. The van der Waals surface area contributed by atoms with Crippen LogP contribution in [-0.2, 0) is 16.0 Å². The predicted molar refractivity (Wildman–Crippen MR) is 114 cm³/mol. The van der Waals surface area contributed by atoms with Crippen LogP contribution >= 0.6 is 0 Å². The Balaban J connectivity index is 1.43. The largest absolute Gasteiger partial charge is 0.452 e. The van der Waals surface area contributed by atoms with Gasteiger partial charge in [0.1, 0.15) is 0 Å². The predicted octanol–water partition coefficient (Wildman–Crippen LogP) is 3.22. The maximum atomic E-state index is 12.7. The highest BCUT2D eigenvalue weighted by Gasteiger charge is 2.35. The second kappa shape index (κ2) is 8.71. The Labute approximate surface area is 180 Å². The summed E-state index contributed by atoms with van der Waals surface area (Å²) in [6, 6.07) is 12.0. The molecule has 2 aliphatic rings. The van der Waals surface area contributed by atoms with Crippen molar-refractivity contribution in [3.05, 3.63) is 64.7 Å². The number of hydrogen-bond acceptors (Lipinski definition) is 5. The standard InChI is InChI=1S/C24H24N2O5/c1-2-3-12-26-22(28)18-11-10-17(14-19(18)23(26)29)24(30)31-15-21(27)25-13-6-8-16-7-4-5-9-20(16)25/h4-5,7,9-11,14H,2-3,6,8,12-13,15H2,1H3. The van der Waals surface area contributed by atoms with Gasteiger partial charge in [0.25, 0.3) is 17.7 Å². The first-order chi connectivity index (χ1) is 15.0. The smallest absolute Gasteiger partial charge is 0.338 e. The maximum Gasteiger partial charge on any atom is 0.338 e. The number of fused-ring (bicyclic) bond motifs is 2. The quantitative estimate of drug-likeness (QED) is 0.529. The lowest BCUT2D eigenvalue weighted by atomic mass is 10.0. The first-order valence-corrected chi connectivity index (χ1v) is 10.6. The monoisotopic (exact) mass is 420 g/mol. The van der Waals surface area contributed by atoms with Gasteiger partial charge in [-0.25, -0.2) is 4.79 Å². The second-order valence-corrected chi connectivity index (χ2v) is 7.73. The molecule has 0 spiro atoms. The number of para-hydroxylation sites is 1. The van der Waals surface area contributed by atoms with Crippen LogP contribution in [-0.4, -0.2) is 48.3 Å². The third-order valence-corrected chi connectivity index (χ3v) is 5.68. The summed E-state index contributed by atoms with van der Waals surface area (Å²) in [7, 11) is 0. The molecule has 0 aromatic heterocycles. The molecule has 2 aromatic rings. The molecule has 0 fully saturated rings. The fourth-order valence-electron chi connectivity index (χ4n) is 4.02. The molecule has 0 bridgehead atoms. The van der Waals surface area contributed by atoms with E-state index in [-0.39, 0.29) is 29.5 Å². The molecule has 0 saturated heterocycles. The summed E-state index contributed by atoms with van der Waals surface area (Å²) in [6.45, 7) is 2.53. The van der Waals surface area contributed by atoms with E-state index in [1.54, 1.807) is 4.90 Å². The van der Waals surface area contributed by atoms with Crippen molar-refractivity contribution in [3.8, 4) is 0 Å². The van der Waals surface area contributed by atoms with Crippen molar-refractivity contribution in [1.82, 2.24) is 4.90 Å². The Kier molecular flexibility index (Phi) is 5.84. The summed E-state index contributed by atoms with van der Waals surface area (Å²) in [5.41, 5.74) is 2.58. The molecule has 2 aromatic carbocycles. The molecular formula is C24H24N2O5. The number of rotatable bonds is 6. The van der Waals surface area contributed by atoms with Crippen LogP contribution in [0.4, 0.5) is 5.69 Å². The summed E-state index contributed by atoms with van der Waals surface area (Å²) >= 11 is 0. The summed E-state index contributed by atoms with van der Waals surface area (Å²) in [6.07, 6.45) is 3.35. The van der Waals surface area contributed by atoms with Crippen LogP contribution in [0.5, 0.6) is 0 Å². The van der Waals surface area contributed by atoms with E-state index in [0.717, 1.165) is 36.9 Å². The minimum atomic E-state index is -0.700. The summed E-state index contributed by atoms with van der Waals surface area (Å²) < 4.78 is 5.23. The summed E-state index contributed by atoms with van der Waals surface area (Å²) in [5, 5.41) is 0. The fourth-order valence-corrected chi connectivity index (χ4v) is 4.02. The molecule has 7 heteroatoms. The number of unbranched alkanes of at least 4 members (excludes halogenated alkanes) is 1. The van der Waals surface area contributed by atoms with Crippen molar-refractivity contribution in [2.45, 2.75) is 32.6 Å². The minimum Gasteiger partial charge on any atom is -0.452 e. The number of benzene rings is 2. The zero-order valence-electron chi connectivity index (χ0n) is 17.4. The normalized spacial score (nSPS) is 15.0. The van der Waals surface area contributed by atoms with Crippen molar-refractivity contribution in [1.29, 1.82) is 0 Å². The molecule has 0 aliphatic carbocycles. The van der Waals surface area contributed by atoms with Gasteiger partial charge >= 0.3 is 5.97 Å². The van der Waals surface area contributed by atoms with Crippen LogP contribution < -0.4 is 4.90 Å². The number of amides is 3. The Morgan fingerprint density at radius 2 is 1.81 bits per heavy atom. The van der Waals surface area contributed by atoms with E-state index in [1.807, 2.05) is 31.2 Å². The highest BCUT2D eigenvalue weighted by atomic mass is 16.5. The van der Waals surface area contributed by atoms with E-state index in [2.05, 4.69) is 0 Å². The van der Waals surface area contributed by atoms with E-state index in [4.69, 9.17) is 4.74 Å². The summed E-state index contributed by atoms with van der Waals surface area (Å²) in [4.78, 5) is 53.0. The van der Waals surface area contributed by atoms with E-state index in [0.29, 0.717) is 18.7 Å². The summed E-state index contributed by atoms with van der Waals surface area (Å²) in [5.74, 6) is -1.73. The molecule has 0 unspecified atom stereocenters. The van der Waals surface area contributed by atoms with Gasteiger partial charge in [0.15, 0.2) is 6.61 Å². The molecule has 0 N–H and O–H groups in total. The SMILES string of the molecule is CCCCN1C(=O)c2ccc(C(=O)OCC(=O)N3CCCc4ccccc43)cc2C1=O. The van der Waals surface area contributed by atoms with Crippen molar-refractivity contribution in [3.63, 3.8) is 0 Å². The second-order valence-electron chi connectivity index (χ2n) is 7.73. The molecule has 31 heavy (non-hydrogen) atoms. The zero-order chi connectivity index (χ0) is 22.0. The van der Waals surface area contributed by atoms with Crippen LogP contribution in [0, 0.1) is 0 Å². The van der Waals surface area contributed by atoms with Gasteiger partial charge in [-0.2, -0.15) is 0 Å². The lowest BCUT2D eigenvalue weighted by Gasteiger charge is -2.29. The number of esters is 1. The average Bonchev–Trinajstić information content (AvgIpc) is 3.04. The number of hydrogen-bond donors (Lipinski definition) is 0. The highest BCUT2D eigenvalue weighted by Crippen LogP contribution is 2.27. The van der Waals surface area contributed by atoms with Crippen molar-refractivity contribution in [2.75, 3.05) is 24.6 Å². The lowest BCUT2D eigenvalue weighted by molar-refractivity contribution is -0.121. The topological polar surface area (TPSA) is 84.0 Å². The van der Waals surface area contributed by atoms with Crippen molar-refractivity contribution < 1.29 is 23.9 Å². The van der Waals surface area contributed by atoms with E-state index in [9.17, 15) is 19.2 Å². The number of aryl methyl sites for hydroxylation is 1. The molecule has 2 heterocycles. The van der Waals surface area contributed by atoms with Crippen molar-refractivity contribution in [2.24, 2.45) is 0 Å². The molecule has 0 atom stereocenters. The molecular weight excluding hydrogens is 396 g/mol. The minimum absolute atomic E-state index is 0.143. The number of carbonyl (C=O) groups excluding carboxylic acids is 4. The van der Waals surface area contributed by atoms with Gasteiger partial charge in [0.05, 0.1) is 16.7 Å².